The van der Waals surface area contributed by atoms with Gasteiger partial charge in [-0.05, 0) is 49.1 Å². The zero-order chi connectivity index (χ0) is 19.1. The minimum absolute atomic E-state index is 0.105. The molecule has 1 N–H and O–H groups in total. The second kappa shape index (κ2) is 6.89. The molecule has 1 saturated heterocycles. The average molecular weight is 376 g/mol. The van der Waals surface area contributed by atoms with E-state index in [2.05, 4.69) is 23.2 Å². The molecule has 2 aliphatic rings. The summed E-state index contributed by atoms with van der Waals surface area (Å²) < 4.78 is 11.4. The van der Waals surface area contributed by atoms with E-state index in [1.54, 1.807) is 0 Å². The van der Waals surface area contributed by atoms with Crippen LogP contribution in [0.3, 0.4) is 0 Å². The number of nitrogens with zero attached hydrogens (tertiary/aromatic N) is 1. The van der Waals surface area contributed by atoms with Crippen LogP contribution >= 0.6 is 0 Å². The Balaban J connectivity index is 1.40. The molecular formula is C23H24N2O3. The topological polar surface area (TPSA) is 54.6 Å². The van der Waals surface area contributed by atoms with Gasteiger partial charge in [0, 0.05) is 23.1 Å². The Morgan fingerprint density at radius 3 is 2.86 bits per heavy atom. The highest BCUT2D eigenvalue weighted by molar-refractivity contribution is 5.90. The Morgan fingerprint density at radius 1 is 1.14 bits per heavy atom. The third-order valence-corrected chi connectivity index (χ3v) is 5.88. The van der Waals surface area contributed by atoms with Crippen molar-refractivity contribution in [3.8, 4) is 11.5 Å². The first-order valence-corrected chi connectivity index (χ1v) is 9.96. The average Bonchev–Trinajstić information content (AvgIpc) is 3.33. The van der Waals surface area contributed by atoms with Crippen LogP contribution in [0.4, 0.5) is 0 Å². The summed E-state index contributed by atoms with van der Waals surface area (Å²) in [5, 5.41) is 1.14. The van der Waals surface area contributed by atoms with E-state index in [9.17, 15) is 4.79 Å². The van der Waals surface area contributed by atoms with E-state index in [1.807, 2.05) is 36.1 Å². The van der Waals surface area contributed by atoms with Crippen molar-refractivity contribution in [2.24, 2.45) is 0 Å². The van der Waals surface area contributed by atoms with Gasteiger partial charge in [0.2, 0.25) is 5.91 Å². The fourth-order valence-electron chi connectivity index (χ4n) is 4.49. The smallest absolute Gasteiger partial charge is 0.227 e. The summed E-state index contributed by atoms with van der Waals surface area (Å²) in [6.45, 7) is 4.01. The molecule has 0 saturated carbocycles. The molecule has 1 atom stereocenters. The Morgan fingerprint density at radius 2 is 1.96 bits per heavy atom. The Kier molecular flexibility index (Phi) is 4.23. The summed E-state index contributed by atoms with van der Waals surface area (Å²) in [4.78, 5) is 18.7. The third kappa shape index (κ3) is 2.91. The Bertz CT molecular complexity index is 1040. The Hall–Kier alpha value is -2.95. The van der Waals surface area contributed by atoms with Gasteiger partial charge in [-0.3, -0.25) is 4.79 Å². The molecule has 3 aromatic rings. The van der Waals surface area contributed by atoms with Gasteiger partial charge < -0.3 is 19.4 Å². The number of carbonyl (C=O) groups excluding carboxylic acids is 1. The number of para-hydroxylation sites is 1. The normalized spacial score (nSPS) is 18.6. The number of hydrogen-bond donors (Lipinski definition) is 1. The van der Waals surface area contributed by atoms with E-state index in [1.165, 1.54) is 0 Å². The quantitative estimate of drug-likeness (QED) is 0.747. The van der Waals surface area contributed by atoms with Gasteiger partial charge in [0.25, 0.3) is 0 Å². The number of fused-ring (bicyclic) bond motifs is 2. The fraction of sp³-hybridized carbons (Fsp3) is 0.348. The van der Waals surface area contributed by atoms with Crippen LogP contribution in [0.15, 0.2) is 42.5 Å². The molecule has 1 aromatic heterocycles. The minimum Gasteiger partial charge on any atom is -0.486 e. The molecule has 0 aliphatic carbocycles. The number of carbonyl (C=O) groups is 1. The first kappa shape index (κ1) is 17.2. The van der Waals surface area contributed by atoms with Gasteiger partial charge in [0.1, 0.15) is 13.2 Å². The summed E-state index contributed by atoms with van der Waals surface area (Å²) in [5.74, 6) is 1.76. The lowest BCUT2D eigenvalue weighted by atomic mass is 10.0. The van der Waals surface area contributed by atoms with Crippen LogP contribution in [0.5, 0.6) is 11.5 Å². The van der Waals surface area contributed by atoms with E-state index >= 15 is 0 Å². The maximum atomic E-state index is 13.2. The largest absolute Gasteiger partial charge is 0.486 e. The van der Waals surface area contributed by atoms with Gasteiger partial charge in [-0.25, -0.2) is 0 Å². The highest BCUT2D eigenvalue weighted by atomic mass is 16.6. The number of aryl methyl sites for hydroxylation is 1. The molecule has 2 aliphatic heterocycles. The predicted octanol–water partition coefficient (Wildman–Crippen LogP) is 4.15. The van der Waals surface area contributed by atoms with E-state index < -0.39 is 0 Å². The first-order chi connectivity index (χ1) is 13.7. The van der Waals surface area contributed by atoms with E-state index in [0.717, 1.165) is 58.6 Å². The number of aromatic amines is 1. The van der Waals surface area contributed by atoms with Gasteiger partial charge in [-0.2, -0.15) is 0 Å². The fourth-order valence-corrected chi connectivity index (χ4v) is 4.49. The lowest BCUT2D eigenvalue weighted by Crippen LogP contribution is -2.32. The van der Waals surface area contributed by atoms with E-state index in [-0.39, 0.29) is 11.9 Å². The van der Waals surface area contributed by atoms with Gasteiger partial charge in [-0.1, -0.05) is 24.3 Å². The third-order valence-electron chi connectivity index (χ3n) is 5.88. The molecule has 1 amide bonds. The lowest BCUT2D eigenvalue weighted by molar-refractivity contribution is -0.131. The van der Waals surface area contributed by atoms with Crippen molar-refractivity contribution < 1.29 is 14.3 Å². The molecule has 5 rings (SSSR count). The van der Waals surface area contributed by atoms with Crippen LogP contribution in [0, 0.1) is 6.92 Å². The second-order valence-corrected chi connectivity index (χ2v) is 7.60. The van der Waals surface area contributed by atoms with Crippen molar-refractivity contribution in [2.45, 2.75) is 32.2 Å². The van der Waals surface area contributed by atoms with Gasteiger partial charge in [-0.15, -0.1) is 0 Å². The first-order valence-electron chi connectivity index (χ1n) is 9.96. The number of hydrogen-bond acceptors (Lipinski definition) is 3. The summed E-state index contributed by atoms with van der Waals surface area (Å²) >= 11 is 0. The molecule has 5 heteroatoms. The van der Waals surface area contributed by atoms with Crippen LogP contribution in [0.2, 0.25) is 0 Å². The highest BCUT2D eigenvalue weighted by Gasteiger charge is 2.31. The summed E-state index contributed by atoms with van der Waals surface area (Å²) in [7, 11) is 0. The minimum atomic E-state index is 0.105. The number of H-pyrrole nitrogens is 1. The predicted molar refractivity (Wildman–Crippen MR) is 108 cm³/mol. The highest BCUT2D eigenvalue weighted by Crippen LogP contribution is 2.38. The van der Waals surface area contributed by atoms with Gasteiger partial charge >= 0.3 is 0 Å². The SMILES string of the molecule is Cc1[nH]c2ccccc2c1CC(=O)N1CCCC1c1ccc2c(c1)OCCO2. The van der Waals surface area contributed by atoms with Crippen molar-refractivity contribution in [3.63, 3.8) is 0 Å². The number of likely N-dealkylation sites (tertiary alicyclic amines) is 1. The van der Waals surface area contributed by atoms with E-state index in [4.69, 9.17) is 9.47 Å². The Labute approximate surface area is 164 Å². The van der Waals surface area contributed by atoms with Crippen molar-refractivity contribution in [1.82, 2.24) is 9.88 Å². The molecule has 0 radical (unpaired) electrons. The summed E-state index contributed by atoms with van der Waals surface area (Å²) in [5.41, 5.74) is 4.40. The maximum absolute atomic E-state index is 13.2. The van der Waals surface area contributed by atoms with Gasteiger partial charge in [0.05, 0.1) is 12.5 Å². The zero-order valence-electron chi connectivity index (χ0n) is 16.0. The summed E-state index contributed by atoms with van der Waals surface area (Å²) in [6, 6.07) is 14.4. The molecular weight excluding hydrogens is 352 g/mol. The van der Waals surface area contributed by atoms with Crippen molar-refractivity contribution in [2.75, 3.05) is 19.8 Å². The molecule has 3 heterocycles. The number of rotatable bonds is 3. The molecule has 28 heavy (non-hydrogen) atoms. The number of amides is 1. The number of aromatic nitrogens is 1. The molecule has 2 aromatic carbocycles. The van der Waals surface area contributed by atoms with Crippen LogP contribution in [0.25, 0.3) is 10.9 Å². The molecule has 1 fully saturated rings. The lowest BCUT2D eigenvalue weighted by Gasteiger charge is -2.27. The molecule has 1 unspecified atom stereocenters. The molecule has 144 valence electrons. The molecule has 5 nitrogen and oxygen atoms in total. The number of benzene rings is 2. The van der Waals surface area contributed by atoms with Gasteiger partial charge in [0.15, 0.2) is 11.5 Å². The zero-order valence-corrected chi connectivity index (χ0v) is 16.0. The summed E-state index contributed by atoms with van der Waals surface area (Å²) in [6.07, 6.45) is 2.44. The standard InChI is InChI=1S/C23H24N2O3/c1-15-18(17-5-2-3-6-19(17)24-15)14-23(26)25-10-4-7-20(25)16-8-9-21-22(13-16)28-12-11-27-21/h2-3,5-6,8-9,13,20,24H,4,7,10-12,14H2,1H3. The van der Waals surface area contributed by atoms with Crippen LogP contribution in [-0.4, -0.2) is 35.5 Å². The molecule has 0 bridgehead atoms. The monoisotopic (exact) mass is 376 g/mol. The van der Waals surface area contributed by atoms with Crippen molar-refractivity contribution in [1.29, 1.82) is 0 Å². The second-order valence-electron chi connectivity index (χ2n) is 7.60. The van der Waals surface area contributed by atoms with Crippen LogP contribution in [0.1, 0.15) is 35.7 Å². The number of ether oxygens (including phenoxy) is 2. The number of nitrogens with one attached hydrogen (secondary N) is 1. The van der Waals surface area contributed by atoms with E-state index in [0.29, 0.717) is 19.6 Å². The van der Waals surface area contributed by atoms with Crippen LogP contribution in [-0.2, 0) is 11.2 Å². The van der Waals surface area contributed by atoms with Crippen LogP contribution < -0.4 is 9.47 Å². The maximum Gasteiger partial charge on any atom is 0.227 e. The van der Waals surface area contributed by atoms with Crippen molar-refractivity contribution >= 4 is 16.8 Å². The molecule has 0 spiro atoms. The van der Waals surface area contributed by atoms with Crippen molar-refractivity contribution in [3.05, 3.63) is 59.3 Å².